The van der Waals surface area contributed by atoms with Crippen LogP contribution in [0.25, 0.3) is 0 Å². The second kappa shape index (κ2) is 12.7. The number of halogens is 2. The highest BCUT2D eigenvalue weighted by Crippen LogP contribution is 2.25. The first kappa shape index (κ1) is 25.3. The van der Waals surface area contributed by atoms with E-state index in [9.17, 15) is 8.42 Å². The fourth-order valence-corrected chi connectivity index (χ4v) is 3.50. The molecule has 0 unspecified atom stereocenters. The predicted octanol–water partition coefficient (Wildman–Crippen LogP) is 2.11. The average molecular weight is 545 g/mol. The summed E-state index contributed by atoms with van der Waals surface area (Å²) in [7, 11) is -2.98. The zero-order valence-corrected chi connectivity index (χ0v) is 20.3. The molecule has 1 aliphatic heterocycles. The van der Waals surface area contributed by atoms with Crippen molar-refractivity contribution < 1.29 is 13.2 Å². The van der Waals surface area contributed by atoms with E-state index >= 15 is 0 Å². The molecule has 2 rings (SSSR count). The van der Waals surface area contributed by atoms with Crippen molar-refractivity contribution >= 4 is 57.1 Å². The fourth-order valence-electron chi connectivity index (χ4n) is 2.82. The monoisotopic (exact) mass is 544 g/mol. The standard InChI is InChI=1S/C18H29ClN4O3S.HI/c1-3-20-18(21-8-13-26-14-15-27(2,24)25)23-11-9-22(10-12-23)17-7-5-4-6-16(17)19;/h4-7H,3,8-15H2,1-2H3,(H,20,21);1H. The van der Waals surface area contributed by atoms with Crippen LogP contribution in [0.5, 0.6) is 0 Å². The molecule has 1 aromatic rings. The minimum absolute atomic E-state index is 0. The van der Waals surface area contributed by atoms with Crippen molar-refractivity contribution in [3.05, 3.63) is 29.3 Å². The molecule has 1 aliphatic rings. The summed E-state index contributed by atoms with van der Waals surface area (Å²) >= 11 is 6.30. The molecule has 0 aromatic heterocycles. The van der Waals surface area contributed by atoms with Gasteiger partial charge < -0.3 is 19.9 Å². The van der Waals surface area contributed by atoms with Gasteiger partial charge in [0.15, 0.2) is 5.96 Å². The van der Waals surface area contributed by atoms with Crippen LogP contribution in [-0.4, -0.2) is 83.8 Å². The highest BCUT2D eigenvalue weighted by Gasteiger charge is 2.20. The fraction of sp³-hybridized carbons (Fsp3) is 0.611. The first-order valence-corrected chi connectivity index (χ1v) is 11.6. The maximum atomic E-state index is 11.1. The van der Waals surface area contributed by atoms with Crippen LogP contribution in [0.15, 0.2) is 29.3 Å². The minimum atomic E-state index is -2.98. The third-order valence-electron chi connectivity index (χ3n) is 4.20. The van der Waals surface area contributed by atoms with E-state index in [4.69, 9.17) is 16.3 Å². The summed E-state index contributed by atoms with van der Waals surface area (Å²) in [6.45, 7) is 7.40. The zero-order valence-electron chi connectivity index (χ0n) is 16.4. The Bertz CT molecular complexity index is 725. The summed E-state index contributed by atoms with van der Waals surface area (Å²) in [6.07, 6.45) is 1.21. The van der Waals surface area contributed by atoms with Gasteiger partial charge >= 0.3 is 0 Å². The maximum absolute atomic E-state index is 11.1. The number of ether oxygens (including phenoxy) is 1. The Hall–Kier alpha value is -0.780. The van der Waals surface area contributed by atoms with Crippen LogP contribution in [0, 0.1) is 0 Å². The van der Waals surface area contributed by atoms with Gasteiger partial charge in [0.25, 0.3) is 0 Å². The number of anilines is 1. The number of guanidine groups is 1. The number of nitrogens with zero attached hydrogens (tertiary/aromatic N) is 3. The second-order valence-corrected chi connectivity index (χ2v) is 9.07. The summed E-state index contributed by atoms with van der Waals surface area (Å²) < 4.78 is 27.5. The van der Waals surface area contributed by atoms with Crippen molar-refractivity contribution in [3.8, 4) is 0 Å². The van der Waals surface area contributed by atoms with Gasteiger partial charge in [0.2, 0.25) is 0 Å². The summed E-state index contributed by atoms with van der Waals surface area (Å²) in [5.41, 5.74) is 1.07. The molecule has 0 spiro atoms. The van der Waals surface area contributed by atoms with E-state index in [1.807, 2.05) is 31.2 Å². The zero-order chi connectivity index (χ0) is 19.7. The number of hydrogen-bond donors (Lipinski definition) is 1. The highest BCUT2D eigenvalue weighted by molar-refractivity contribution is 14.0. The number of piperazine rings is 1. The van der Waals surface area contributed by atoms with Crippen molar-refractivity contribution in [2.45, 2.75) is 6.92 Å². The van der Waals surface area contributed by atoms with E-state index < -0.39 is 9.84 Å². The lowest BCUT2D eigenvalue weighted by Gasteiger charge is -2.38. The number of rotatable bonds is 8. The van der Waals surface area contributed by atoms with Gasteiger partial charge in [-0.05, 0) is 19.1 Å². The molecule has 0 bridgehead atoms. The Morgan fingerprint density at radius 3 is 2.50 bits per heavy atom. The van der Waals surface area contributed by atoms with Gasteiger partial charge in [0.1, 0.15) is 9.84 Å². The van der Waals surface area contributed by atoms with Gasteiger partial charge in [-0.15, -0.1) is 24.0 Å². The lowest BCUT2D eigenvalue weighted by atomic mass is 10.2. The SMILES string of the molecule is CCNC(=NCCOCCS(C)(=O)=O)N1CCN(c2ccccc2Cl)CC1.I. The molecule has 1 N–H and O–H groups in total. The first-order chi connectivity index (χ1) is 12.9. The third kappa shape index (κ3) is 8.71. The summed E-state index contributed by atoms with van der Waals surface area (Å²) in [5.74, 6) is 0.906. The molecule has 1 saturated heterocycles. The van der Waals surface area contributed by atoms with E-state index in [0.29, 0.717) is 13.2 Å². The molecule has 0 atom stereocenters. The van der Waals surface area contributed by atoms with Crippen LogP contribution in [0.3, 0.4) is 0 Å². The minimum Gasteiger partial charge on any atom is -0.378 e. The molecule has 0 radical (unpaired) electrons. The molecule has 0 aliphatic carbocycles. The van der Waals surface area contributed by atoms with Gasteiger partial charge in [-0.25, -0.2) is 8.42 Å². The topological polar surface area (TPSA) is 74.2 Å². The average Bonchev–Trinajstić information content (AvgIpc) is 2.63. The van der Waals surface area contributed by atoms with Crippen molar-refractivity contribution in [2.75, 3.05) is 69.4 Å². The molecule has 1 fully saturated rings. The third-order valence-corrected chi connectivity index (χ3v) is 5.43. The van der Waals surface area contributed by atoms with Crippen molar-refractivity contribution in [1.82, 2.24) is 10.2 Å². The Morgan fingerprint density at radius 1 is 1.21 bits per heavy atom. The van der Waals surface area contributed by atoms with E-state index in [1.54, 1.807) is 0 Å². The van der Waals surface area contributed by atoms with Crippen LogP contribution >= 0.6 is 35.6 Å². The predicted molar refractivity (Wildman–Crippen MR) is 127 cm³/mol. The molecule has 10 heteroatoms. The first-order valence-electron chi connectivity index (χ1n) is 9.19. The highest BCUT2D eigenvalue weighted by atomic mass is 127. The smallest absolute Gasteiger partial charge is 0.194 e. The van der Waals surface area contributed by atoms with E-state index in [1.165, 1.54) is 6.26 Å². The molecular formula is C18H30ClIN4O3S. The van der Waals surface area contributed by atoms with Crippen molar-refractivity contribution in [1.29, 1.82) is 0 Å². The number of aliphatic imine (C=N–C) groups is 1. The van der Waals surface area contributed by atoms with Crippen LogP contribution < -0.4 is 10.2 Å². The number of benzene rings is 1. The van der Waals surface area contributed by atoms with Crippen LogP contribution in [0.1, 0.15) is 6.92 Å². The van der Waals surface area contributed by atoms with Crippen molar-refractivity contribution in [3.63, 3.8) is 0 Å². The summed E-state index contributed by atoms with van der Waals surface area (Å²) in [4.78, 5) is 9.12. The maximum Gasteiger partial charge on any atom is 0.194 e. The van der Waals surface area contributed by atoms with Gasteiger partial charge in [0, 0.05) is 39.0 Å². The van der Waals surface area contributed by atoms with Crippen LogP contribution in [0.4, 0.5) is 5.69 Å². The molecule has 160 valence electrons. The quantitative estimate of drug-likeness (QED) is 0.234. The molecule has 0 amide bonds. The van der Waals surface area contributed by atoms with E-state index in [2.05, 4.69) is 20.1 Å². The molecule has 7 nitrogen and oxygen atoms in total. The number of para-hydroxylation sites is 1. The van der Waals surface area contributed by atoms with E-state index in [0.717, 1.165) is 49.4 Å². The molecule has 1 heterocycles. The van der Waals surface area contributed by atoms with E-state index in [-0.39, 0.29) is 36.3 Å². The normalized spacial score (nSPS) is 15.3. The number of sulfone groups is 1. The lowest BCUT2D eigenvalue weighted by molar-refractivity contribution is 0.157. The molecule has 1 aromatic carbocycles. The molecule has 28 heavy (non-hydrogen) atoms. The molecular weight excluding hydrogens is 515 g/mol. The Labute approximate surface area is 190 Å². The van der Waals surface area contributed by atoms with Crippen LogP contribution in [0.2, 0.25) is 5.02 Å². The van der Waals surface area contributed by atoms with Gasteiger partial charge in [0.05, 0.1) is 36.2 Å². The summed E-state index contributed by atoms with van der Waals surface area (Å²) in [6, 6.07) is 7.91. The summed E-state index contributed by atoms with van der Waals surface area (Å²) in [5, 5.41) is 4.09. The largest absolute Gasteiger partial charge is 0.378 e. The van der Waals surface area contributed by atoms with Gasteiger partial charge in [-0.1, -0.05) is 23.7 Å². The Balaban J connectivity index is 0.00000392. The Kier molecular flexibility index (Phi) is 11.5. The van der Waals surface area contributed by atoms with Crippen LogP contribution in [-0.2, 0) is 14.6 Å². The second-order valence-electron chi connectivity index (χ2n) is 6.40. The van der Waals surface area contributed by atoms with Gasteiger partial charge in [-0.3, -0.25) is 4.99 Å². The lowest BCUT2D eigenvalue weighted by Crippen LogP contribution is -2.52. The van der Waals surface area contributed by atoms with Crippen molar-refractivity contribution in [2.24, 2.45) is 4.99 Å². The Morgan fingerprint density at radius 2 is 1.89 bits per heavy atom. The number of hydrogen-bond acceptors (Lipinski definition) is 5. The molecule has 0 saturated carbocycles. The number of nitrogens with one attached hydrogen (secondary N) is 1. The van der Waals surface area contributed by atoms with Gasteiger partial charge in [-0.2, -0.15) is 0 Å².